The van der Waals surface area contributed by atoms with Crippen LogP contribution in [0.3, 0.4) is 0 Å². The van der Waals surface area contributed by atoms with Crippen molar-refractivity contribution < 1.29 is 10.2 Å². The quantitative estimate of drug-likeness (QED) is 0.817. The summed E-state index contributed by atoms with van der Waals surface area (Å²) in [5.41, 5.74) is 0.757. The van der Waals surface area contributed by atoms with Crippen LogP contribution >= 0.6 is 15.9 Å². The van der Waals surface area contributed by atoms with Crippen LogP contribution in [0.25, 0.3) is 0 Å². The normalized spacial score (nSPS) is 12.9. The molecule has 0 radical (unpaired) electrons. The first kappa shape index (κ1) is 9.55. The van der Waals surface area contributed by atoms with Crippen LogP contribution < -0.4 is 0 Å². The topological polar surface area (TPSA) is 40.5 Å². The second kappa shape index (κ2) is 3.92. The van der Waals surface area contributed by atoms with Crippen molar-refractivity contribution in [1.29, 1.82) is 0 Å². The summed E-state index contributed by atoms with van der Waals surface area (Å²) in [5.74, 6) is 0.227. The molecule has 0 amide bonds. The van der Waals surface area contributed by atoms with Crippen LogP contribution in [0.1, 0.15) is 12.5 Å². The van der Waals surface area contributed by atoms with Gasteiger partial charge in [0.15, 0.2) is 0 Å². The summed E-state index contributed by atoms with van der Waals surface area (Å²) in [5, 5.41) is 18.5. The van der Waals surface area contributed by atoms with Crippen LogP contribution in [-0.4, -0.2) is 16.3 Å². The zero-order valence-corrected chi connectivity index (χ0v) is 8.37. The summed E-state index contributed by atoms with van der Waals surface area (Å²) in [4.78, 5) is 0. The smallest absolute Gasteiger partial charge is 0.119 e. The molecule has 1 aromatic rings. The Bertz CT molecular complexity index is 251. The van der Waals surface area contributed by atoms with E-state index in [1.807, 2.05) is 6.07 Å². The summed E-state index contributed by atoms with van der Waals surface area (Å²) < 4.78 is 0.836. The van der Waals surface area contributed by atoms with Gasteiger partial charge in [0.1, 0.15) is 5.75 Å². The molecule has 0 aliphatic carbocycles. The minimum atomic E-state index is -0.436. The minimum absolute atomic E-state index is 0.227. The number of phenolic OH excluding ortho intramolecular Hbond substituents is 1. The summed E-state index contributed by atoms with van der Waals surface area (Å²) in [6.45, 7) is 1.69. The fourth-order valence-corrected chi connectivity index (χ4v) is 1.56. The van der Waals surface area contributed by atoms with E-state index in [0.29, 0.717) is 6.42 Å². The van der Waals surface area contributed by atoms with Gasteiger partial charge in [-0.2, -0.15) is 0 Å². The van der Waals surface area contributed by atoms with E-state index < -0.39 is 6.10 Å². The number of phenols is 1. The van der Waals surface area contributed by atoms with Crippen molar-refractivity contribution in [2.24, 2.45) is 0 Å². The van der Waals surface area contributed by atoms with E-state index in [4.69, 9.17) is 5.11 Å². The van der Waals surface area contributed by atoms with E-state index in [9.17, 15) is 5.11 Å². The molecular formula is C9H11BrO2. The fraction of sp³-hybridized carbons (Fsp3) is 0.333. The Morgan fingerprint density at radius 2 is 2.17 bits per heavy atom. The lowest BCUT2D eigenvalue weighted by atomic mass is 10.1. The van der Waals surface area contributed by atoms with Gasteiger partial charge in [-0.15, -0.1) is 0 Å². The highest BCUT2D eigenvalue weighted by Gasteiger charge is 2.07. The predicted octanol–water partition coefficient (Wildman–Crippen LogP) is 2.08. The molecular weight excluding hydrogens is 220 g/mol. The number of hydrogen-bond donors (Lipinski definition) is 2. The SMILES string of the molecule is C[C@H](O)Cc1c(O)cccc1Br. The Labute approximate surface area is 80.0 Å². The third kappa shape index (κ3) is 2.22. The Morgan fingerprint density at radius 1 is 1.50 bits per heavy atom. The fourth-order valence-electron chi connectivity index (χ4n) is 1.04. The van der Waals surface area contributed by atoms with Crippen LogP contribution in [0, 0.1) is 0 Å². The molecule has 0 saturated heterocycles. The molecule has 0 fully saturated rings. The summed E-state index contributed by atoms with van der Waals surface area (Å²) in [6.07, 6.45) is 0.0300. The van der Waals surface area contributed by atoms with Crippen molar-refractivity contribution in [3.05, 3.63) is 28.2 Å². The average Bonchev–Trinajstić information content (AvgIpc) is 1.97. The van der Waals surface area contributed by atoms with Gasteiger partial charge in [-0.3, -0.25) is 0 Å². The third-order valence-corrected chi connectivity index (χ3v) is 2.34. The molecule has 3 heteroatoms. The van der Waals surface area contributed by atoms with E-state index in [1.54, 1.807) is 19.1 Å². The zero-order chi connectivity index (χ0) is 9.14. The highest BCUT2D eigenvalue weighted by molar-refractivity contribution is 9.10. The van der Waals surface area contributed by atoms with Gasteiger partial charge in [-0.25, -0.2) is 0 Å². The van der Waals surface area contributed by atoms with Crippen LogP contribution in [0.4, 0.5) is 0 Å². The molecule has 1 rings (SSSR count). The van der Waals surface area contributed by atoms with Crippen molar-refractivity contribution in [2.75, 3.05) is 0 Å². The van der Waals surface area contributed by atoms with Crippen LogP contribution in [0.15, 0.2) is 22.7 Å². The summed E-state index contributed by atoms with van der Waals surface area (Å²) >= 11 is 3.30. The third-order valence-electron chi connectivity index (χ3n) is 1.59. The average molecular weight is 231 g/mol. The van der Waals surface area contributed by atoms with E-state index >= 15 is 0 Å². The zero-order valence-electron chi connectivity index (χ0n) is 6.79. The molecule has 0 aliphatic rings. The van der Waals surface area contributed by atoms with Crippen LogP contribution in [0.5, 0.6) is 5.75 Å². The largest absolute Gasteiger partial charge is 0.508 e. The maximum atomic E-state index is 9.40. The van der Waals surface area contributed by atoms with Crippen LogP contribution in [0.2, 0.25) is 0 Å². The van der Waals surface area contributed by atoms with Gasteiger partial charge in [0.2, 0.25) is 0 Å². The predicted molar refractivity (Wildman–Crippen MR) is 51.2 cm³/mol. The maximum absolute atomic E-state index is 9.40. The number of aromatic hydroxyl groups is 1. The van der Waals surface area contributed by atoms with Gasteiger partial charge in [0.25, 0.3) is 0 Å². The highest BCUT2D eigenvalue weighted by atomic mass is 79.9. The van der Waals surface area contributed by atoms with Gasteiger partial charge < -0.3 is 10.2 Å². The van der Waals surface area contributed by atoms with E-state index in [1.165, 1.54) is 0 Å². The van der Waals surface area contributed by atoms with Crippen molar-refractivity contribution in [3.8, 4) is 5.75 Å². The van der Waals surface area contributed by atoms with Gasteiger partial charge in [-0.05, 0) is 19.1 Å². The Morgan fingerprint density at radius 3 is 2.67 bits per heavy atom. The Kier molecular flexibility index (Phi) is 3.12. The lowest BCUT2D eigenvalue weighted by Crippen LogP contribution is -2.04. The molecule has 2 nitrogen and oxygen atoms in total. The Balaban J connectivity index is 2.96. The number of hydrogen-bond acceptors (Lipinski definition) is 2. The number of halogens is 1. The molecule has 66 valence electrons. The highest BCUT2D eigenvalue weighted by Crippen LogP contribution is 2.26. The molecule has 12 heavy (non-hydrogen) atoms. The van der Waals surface area contributed by atoms with Crippen molar-refractivity contribution in [1.82, 2.24) is 0 Å². The number of aliphatic hydroxyl groups is 1. The first-order chi connectivity index (χ1) is 5.61. The second-order valence-corrected chi connectivity index (χ2v) is 3.64. The Hall–Kier alpha value is -0.540. The minimum Gasteiger partial charge on any atom is -0.508 e. The molecule has 0 spiro atoms. The monoisotopic (exact) mass is 230 g/mol. The molecule has 0 unspecified atom stereocenters. The summed E-state index contributed by atoms with van der Waals surface area (Å²) in [6, 6.07) is 5.21. The molecule has 0 aromatic heterocycles. The van der Waals surface area contributed by atoms with Gasteiger partial charge in [0.05, 0.1) is 6.10 Å². The molecule has 0 aliphatic heterocycles. The molecule has 0 heterocycles. The molecule has 0 bridgehead atoms. The summed E-state index contributed by atoms with van der Waals surface area (Å²) in [7, 11) is 0. The van der Waals surface area contributed by atoms with Crippen molar-refractivity contribution in [3.63, 3.8) is 0 Å². The maximum Gasteiger partial charge on any atom is 0.119 e. The van der Waals surface area contributed by atoms with E-state index in [-0.39, 0.29) is 5.75 Å². The molecule has 1 aromatic carbocycles. The van der Waals surface area contributed by atoms with Gasteiger partial charge in [0, 0.05) is 16.5 Å². The lowest BCUT2D eigenvalue weighted by Gasteiger charge is -2.08. The van der Waals surface area contributed by atoms with Gasteiger partial charge in [-0.1, -0.05) is 22.0 Å². The van der Waals surface area contributed by atoms with E-state index in [2.05, 4.69) is 15.9 Å². The first-order valence-corrected chi connectivity index (χ1v) is 4.55. The van der Waals surface area contributed by atoms with Crippen molar-refractivity contribution in [2.45, 2.75) is 19.4 Å². The van der Waals surface area contributed by atoms with Crippen molar-refractivity contribution >= 4 is 15.9 Å². The second-order valence-electron chi connectivity index (χ2n) is 2.79. The molecule has 2 N–H and O–H groups in total. The molecule has 1 atom stereocenters. The number of aliphatic hydroxyl groups excluding tert-OH is 1. The number of rotatable bonds is 2. The first-order valence-electron chi connectivity index (χ1n) is 3.75. The number of benzene rings is 1. The molecule has 0 saturated carbocycles. The lowest BCUT2D eigenvalue weighted by molar-refractivity contribution is 0.194. The van der Waals surface area contributed by atoms with Gasteiger partial charge >= 0.3 is 0 Å². The van der Waals surface area contributed by atoms with E-state index in [0.717, 1.165) is 10.0 Å². The van der Waals surface area contributed by atoms with Crippen LogP contribution in [-0.2, 0) is 6.42 Å². The standard InChI is InChI=1S/C9H11BrO2/c1-6(11)5-7-8(10)3-2-4-9(7)12/h2-4,6,11-12H,5H2,1H3/t6-/m0/s1.